The van der Waals surface area contributed by atoms with Crippen LogP contribution < -0.4 is 4.74 Å². The molecule has 8 heteroatoms. The van der Waals surface area contributed by atoms with Crippen LogP contribution >= 0.6 is 15.9 Å². The Balaban J connectivity index is 1.97. The van der Waals surface area contributed by atoms with Gasteiger partial charge in [0.25, 0.3) is 0 Å². The Bertz CT molecular complexity index is 861. The molecule has 0 radical (unpaired) electrons. The lowest BCUT2D eigenvalue weighted by Gasteiger charge is -2.07. The van der Waals surface area contributed by atoms with Crippen molar-refractivity contribution in [3.63, 3.8) is 0 Å². The zero-order valence-electron chi connectivity index (χ0n) is 11.9. The van der Waals surface area contributed by atoms with Crippen molar-refractivity contribution in [3.05, 3.63) is 62.9 Å². The Morgan fingerprint density at radius 2 is 1.91 bits per heavy atom. The Morgan fingerprint density at radius 3 is 2.52 bits per heavy atom. The number of halogens is 1. The molecule has 0 saturated carbocycles. The van der Waals surface area contributed by atoms with Gasteiger partial charge in [-0.25, -0.2) is 0 Å². The molecule has 0 fully saturated rings. The predicted octanol–water partition coefficient (Wildman–Crippen LogP) is 4.51. The van der Waals surface area contributed by atoms with Gasteiger partial charge in [-0.15, -0.1) is 10.2 Å². The maximum atomic E-state index is 11.3. The molecule has 1 heterocycles. The van der Waals surface area contributed by atoms with Crippen molar-refractivity contribution >= 4 is 21.6 Å². The minimum atomic E-state index is -0.513. The Morgan fingerprint density at radius 1 is 1.17 bits per heavy atom. The van der Waals surface area contributed by atoms with Crippen molar-refractivity contribution in [1.29, 1.82) is 0 Å². The van der Waals surface area contributed by atoms with Gasteiger partial charge in [0.1, 0.15) is 5.75 Å². The highest BCUT2D eigenvalue weighted by Crippen LogP contribution is 2.35. The summed E-state index contributed by atoms with van der Waals surface area (Å²) in [6, 6.07) is 11.5. The maximum absolute atomic E-state index is 11.3. The summed E-state index contributed by atoms with van der Waals surface area (Å²) in [7, 11) is 0. The largest absolute Gasteiger partial charge is 0.450 e. The normalized spacial score (nSPS) is 10.5. The van der Waals surface area contributed by atoms with Crippen LogP contribution in [0.25, 0.3) is 11.5 Å². The number of rotatable bonds is 4. The first-order valence-corrected chi connectivity index (χ1v) is 7.34. The molecule has 2 aromatic carbocycles. The zero-order chi connectivity index (χ0) is 16.4. The van der Waals surface area contributed by atoms with Crippen molar-refractivity contribution in [2.24, 2.45) is 0 Å². The van der Waals surface area contributed by atoms with E-state index in [-0.39, 0.29) is 17.3 Å². The van der Waals surface area contributed by atoms with Gasteiger partial charge in [-0.05, 0) is 36.4 Å². The number of aromatic nitrogens is 2. The van der Waals surface area contributed by atoms with Gasteiger partial charge in [0, 0.05) is 23.0 Å². The van der Waals surface area contributed by atoms with Crippen LogP contribution in [0.15, 0.2) is 51.4 Å². The molecule has 0 spiro atoms. The molecular formula is C15H10BrN3O4. The van der Waals surface area contributed by atoms with E-state index in [4.69, 9.17) is 9.15 Å². The van der Waals surface area contributed by atoms with Crippen molar-refractivity contribution in [3.8, 4) is 23.0 Å². The summed E-state index contributed by atoms with van der Waals surface area (Å²) in [4.78, 5) is 10.8. The second-order valence-electron chi connectivity index (χ2n) is 4.62. The molecule has 0 aliphatic heterocycles. The molecule has 0 amide bonds. The minimum absolute atomic E-state index is 0.136. The molecule has 7 nitrogen and oxygen atoms in total. The number of nitro benzene ring substituents is 1. The van der Waals surface area contributed by atoms with E-state index in [9.17, 15) is 10.1 Å². The molecule has 0 unspecified atom stereocenters. The third kappa shape index (κ3) is 3.37. The van der Waals surface area contributed by atoms with Gasteiger partial charge in [-0.1, -0.05) is 15.9 Å². The molecule has 0 aliphatic rings. The Kier molecular flexibility index (Phi) is 4.07. The molecule has 23 heavy (non-hydrogen) atoms. The van der Waals surface area contributed by atoms with Gasteiger partial charge in [0.05, 0.1) is 4.92 Å². The molecule has 1 aromatic heterocycles. The first-order chi connectivity index (χ1) is 11.0. The van der Waals surface area contributed by atoms with Crippen LogP contribution in [0.1, 0.15) is 5.89 Å². The molecule has 3 aromatic rings. The van der Waals surface area contributed by atoms with E-state index in [1.807, 2.05) is 0 Å². The van der Waals surface area contributed by atoms with Crippen molar-refractivity contribution in [2.45, 2.75) is 6.92 Å². The Labute approximate surface area is 139 Å². The summed E-state index contributed by atoms with van der Waals surface area (Å²) in [6.07, 6.45) is 0. The van der Waals surface area contributed by atoms with Crippen LogP contribution in [-0.2, 0) is 0 Å². The highest BCUT2D eigenvalue weighted by Gasteiger charge is 2.19. The second-order valence-corrected chi connectivity index (χ2v) is 5.54. The van der Waals surface area contributed by atoms with E-state index < -0.39 is 4.92 Å². The van der Waals surface area contributed by atoms with Gasteiger partial charge in [-0.3, -0.25) is 10.1 Å². The second kappa shape index (κ2) is 6.17. The molecule has 0 N–H and O–H groups in total. The average Bonchev–Trinajstić information content (AvgIpc) is 2.96. The van der Waals surface area contributed by atoms with Crippen LogP contribution in [0.3, 0.4) is 0 Å². The van der Waals surface area contributed by atoms with E-state index >= 15 is 0 Å². The van der Waals surface area contributed by atoms with Crippen LogP contribution in [-0.4, -0.2) is 15.1 Å². The molecule has 0 bridgehead atoms. The number of ether oxygens (including phenoxy) is 1. The van der Waals surface area contributed by atoms with Crippen molar-refractivity contribution in [2.75, 3.05) is 0 Å². The third-order valence-electron chi connectivity index (χ3n) is 2.97. The number of hydrogen-bond acceptors (Lipinski definition) is 6. The van der Waals surface area contributed by atoms with Crippen LogP contribution in [0, 0.1) is 17.0 Å². The number of hydrogen-bond donors (Lipinski definition) is 0. The topological polar surface area (TPSA) is 91.3 Å². The molecular weight excluding hydrogens is 366 g/mol. The third-order valence-corrected chi connectivity index (χ3v) is 3.50. The summed E-state index contributed by atoms with van der Waals surface area (Å²) in [6.45, 7) is 1.65. The van der Waals surface area contributed by atoms with Crippen molar-refractivity contribution < 1.29 is 14.1 Å². The zero-order valence-corrected chi connectivity index (χ0v) is 13.5. The number of nitro groups is 1. The maximum Gasteiger partial charge on any atom is 0.312 e. The van der Waals surface area contributed by atoms with Gasteiger partial charge in [0.2, 0.25) is 17.5 Å². The number of aryl methyl sites for hydroxylation is 1. The average molecular weight is 376 g/mol. The van der Waals surface area contributed by atoms with Gasteiger partial charge >= 0.3 is 5.69 Å². The predicted molar refractivity (Wildman–Crippen MR) is 85.3 cm³/mol. The summed E-state index contributed by atoms with van der Waals surface area (Å²) >= 11 is 3.32. The molecule has 0 aliphatic carbocycles. The van der Waals surface area contributed by atoms with Gasteiger partial charge in [-0.2, -0.15) is 0 Å². The fourth-order valence-electron chi connectivity index (χ4n) is 1.92. The Hall–Kier alpha value is -2.74. The monoisotopic (exact) mass is 375 g/mol. The summed E-state index contributed by atoms with van der Waals surface area (Å²) in [5.41, 5.74) is 0.279. The number of nitrogens with zero attached hydrogens (tertiary/aromatic N) is 3. The standard InChI is InChI=1S/C15H10BrN3O4/c1-9-17-18-15(22-9)10-2-7-14(13(8-10)19(20)21)23-12-5-3-11(16)4-6-12/h2-8H,1H3. The molecule has 116 valence electrons. The van der Waals surface area contributed by atoms with E-state index in [0.29, 0.717) is 17.2 Å². The smallest absolute Gasteiger partial charge is 0.312 e. The lowest BCUT2D eigenvalue weighted by Crippen LogP contribution is -1.94. The van der Waals surface area contributed by atoms with Crippen LogP contribution in [0.5, 0.6) is 11.5 Å². The SMILES string of the molecule is Cc1nnc(-c2ccc(Oc3ccc(Br)cc3)c([N+](=O)[O-])c2)o1. The van der Waals surface area contributed by atoms with Gasteiger partial charge in [0.15, 0.2) is 0 Å². The molecule has 0 saturated heterocycles. The minimum Gasteiger partial charge on any atom is -0.450 e. The lowest BCUT2D eigenvalue weighted by molar-refractivity contribution is -0.385. The van der Waals surface area contributed by atoms with E-state index in [1.54, 1.807) is 37.3 Å². The van der Waals surface area contributed by atoms with Crippen molar-refractivity contribution in [1.82, 2.24) is 10.2 Å². The lowest BCUT2D eigenvalue weighted by atomic mass is 10.2. The van der Waals surface area contributed by atoms with Crippen LogP contribution in [0.4, 0.5) is 5.69 Å². The first kappa shape index (κ1) is 15.2. The fraction of sp³-hybridized carbons (Fsp3) is 0.0667. The highest BCUT2D eigenvalue weighted by molar-refractivity contribution is 9.10. The first-order valence-electron chi connectivity index (χ1n) is 6.55. The summed E-state index contributed by atoms with van der Waals surface area (Å²) in [5, 5.41) is 18.9. The van der Waals surface area contributed by atoms with Gasteiger partial charge < -0.3 is 9.15 Å². The van der Waals surface area contributed by atoms with E-state index in [1.165, 1.54) is 12.1 Å². The highest BCUT2D eigenvalue weighted by atomic mass is 79.9. The summed E-state index contributed by atoms with van der Waals surface area (Å²) in [5.74, 6) is 1.24. The van der Waals surface area contributed by atoms with E-state index in [0.717, 1.165) is 4.47 Å². The van der Waals surface area contributed by atoms with E-state index in [2.05, 4.69) is 26.1 Å². The quantitative estimate of drug-likeness (QED) is 0.492. The molecule has 3 rings (SSSR count). The van der Waals surface area contributed by atoms with Crippen LogP contribution in [0.2, 0.25) is 0 Å². The summed E-state index contributed by atoms with van der Waals surface area (Å²) < 4.78 is 11.8. The number of benzene rings is 2. The fourth-order valence-corrected chi connectivity index (χ4v) is 2.19. The molecule has 0 atom stereocenters.